The summed E-state index contributed by atoms with van der Waals surface area (Å²) < 4.78 is 26.6. The van der Waals surface area contributed by atoms with E-state index in [0.29, 0.717) is 18.9 Å². The number of aromatic nitrogens is 1. The Labute approximate surface area is 163 Å². The zero-order valence-electron chi connectivity index (χ0n) is 15.9. The Morgan fingerprint density at radius 3 is 2.70 bits per heavy atom. The van der Waals surface area contributed by atoms with Crippen molar-refractivity contribution in [2.45, 2.75) is 45.3 Å². The van der Waals surface area contributed by atoms with E-state index in [1.807, 2.05) is 0 Å². The van der Waals surface area contributed by atoms with Crippen molar-refractivity contribution in [3.8, 4) is 0 Å². The average Bonchev–Trinajstić information content (AvgIpc) is 3.09. The SMILES string of the molecule is CC(C)c1csc(CN2CCN(Cc3ccc(F)c(F)c3)[C@@H](CCO)C2)n1. The second kappa shape index (κ2) is 9.19. The molecule has 1 aromatic carbocycles. The zero-order valence-corrected chi connectivity index (χ0v) is 16.7. The number of thiazole rings is 1. The maximum Gasteiger partial charge on any atom is 0.159 e. The third-order valence-electron chi connectivity index (χ3n) is 5.04. The first-order valence-electron chi connectivity index (χ1n) is 9.41. The van der Waals surface area contributed by atoms with Crippen LogP contribution in [0.25, 0.3) is 0 Å². The Morgan fingerprint density at radius 2 is 2.04 bits per heavy atom. The van der Waals surface area contributed by atoms with Gasteiger partial charge in [0.05, 0.1) is 12.2 Å². The molecule has 0 amide bonds. The molecule has 7 heteroatoms. The van der Waals surface area contributed by atoms with Crippen molar-refractivity contribution >= 4 is 11.3 Å². The Morgan fingerprint density at radius 1 is 1.22 bits per heavy atom. The summed E-state index contributed by atoms with van der Waals surface area (Å²) in [7, 11) is 0. The van der Waals surface area contributed by atoms with Gasteiger partial charge in [0.1, 0.15) is 5.01 Å². The largest absolute Gasteiger partial charge is 0.396 e. The van der Waals surface area contributed by atoms with E-state index in [2.05, 4.69) is 29.0 Å². The van der Waals surface area contributed by atoms with Crippen molar-refractivity contribution < 1.29 is 13.9 Å². The van der Waals surface area contributed by atoms with E-state index in [1.54, 1.807) is 17.4 Å². The Hall–Kier alpha value is -1.41. The second-order valence-corrected chi connectivity index (χ2v) is 8.38. The van der Waals surface area contributed by atoms with Gasteiger partial charge in [-0.2, -0.15) is 0 Å². The molecule has 0 radical (unpaired) electrons. The predicted molar refractivity (Wildman–Crippen MR) is 104 cm³/mol. The van der Waals surface area contributed by atoms with E-state index in [9.17, 15) is 13.9 Å². The lowest BCUT2D eigenvalue weighted by Gasteiger charge is -2.41. The Bertz CT molecular complexity index is 753. The highest BCUT2D eigenvalue weighted by Gasteiger charge is 2.27. The third-order valence-corrected chi connectivity index (χ3v) is 5.89. The van der Waals surface area contributed by atoms with Crippen molar-refractivity contribution in [2.24, 2.45) is 0 Å². The lowest BCUT2D eigenvalue weighted by molar-refractivity contribution is 0.0498. The molecule has 2 aromatic rings. The van der Waals surface area contributed by atoms with Gasteiger partial charge in [-0.1, -0.05) is 19.9 Å². The quantitative estimate of drug-likeness (QED) is 0.777. The molecule has 0 saturated carbocycles. The zero-order chi connectivity index (χ0) is 19.4. The van der Waals surface area contributed by atoms with Crippen LogP contribution in [0.3, 0.4) is 0 Å². The third kappa shape index (κ3) is 5.31. The first-order chi connectivity index (χ1) is 13.0. The molecule has 4 nitrogen and oxygen atoms in total. The molecule has 148 valence electrons. The van der Waals surface area contributed by atoms with Crippen LogP contribution in [-0.2, 0) is 13.1 Å². The Kier molecular flexibility index (Phi) is 6.92. The van der Waals surface area contributed by atoms with Crippen LogP contribution in [0.2, 0.25) is 0 Å². The summed E-state index contributed by atoms with van der Waals surface area (Å²) in [5.41, 5.74) is 1.89. The molecule has 2 heterocycles. The first kappa shape index (κ1) is 20.3. The molecule has 0 unspecified atom stereocenters. The van der Waals surface area contributed by atoms with Crippen molar-refractivity contribution in [3.05, 3.63) is 51.5 Å². The smallest absolute Gasteiger partial charge is 0.159 e. The summed E-state index contributed by atoms with van der Waals surface area (Å²) in [6.07, 6.45) is 0.662. The fourth-order valence-corrected chi connectivity index (χ4v) is 4.46. The molecule has 0 aliphatic carbocycles. The molecule has 1 aromatic heterocycles. The molecule has 1 saturated heterocycles. The highest BCUT2D eigenvalue weighted by molar-refractivity contribution is 7.09. The van der Waals surface area contributed by atoms with E-state index in [-0.39, 0.29) is 12.6 Å². The van der Waals surface area contributed by atoms with Gasteiger partial charge < -0.3 is 5.11 Å². The summed E-state index contributed by atoms with van der Waals surface area (Å²) in [5, 5.41) is 12.7. The molecule has 1 aliphatic rings. The highest BCUT2D eigenvalue weighted by atomic mass is 32.1. The molecule has 1 N–H and O–H groups in total. The van der Waals surface area contributed by atoms with Crippen LogP contribution in [0.5, 0.6) is 0 Å². The van der Waals surface area contributed by atoms with Crippen LogP contribution >= 0.6 is 11.3 Å². The average molecular weight is 396 g/mol. The van der Waals surface area contributed by atoms with Gasteiger partial charge in [-0.25, -0.2) is 13.8 Å². The van der Waals surface area contributed by atoms with Crippen LogP contribution in [-0.4, -0.2) is 52.2 Å². The minimum atomic E-state index is -0.820. The summed E-state index contributed by atoms with van der Waals surface area (Å²) in [5.74, 6) is -1.20. The molecule has 3 rings (SSSR count). The lowest BCUT2D eigenvalue weighted by atomic mass is 10.1. The maximum absolute atomic E-state index is 13.5. The number of aliphatic hydroxyl groups is 1. The van der Waals surface area contributed by atoms with Gasteiger partial charge in [-0.05, 0) is 30.0 Å². The van der Waals surface area contributed by atoms with Crippen LogP contribution in [0, 0.1) is 11.6 Å². The minimum absolute atomic E-state index is 0.113. The number of hydrogen-bond acceptors (Lipinski definition) is 5. The fraction of sp³-hybridized carbons (Fsp3) is 0.550. The molecule has 27 heavy (non-hydrogen) atoms. The maximum atomic E-state index is 13.5. The van der Waals surface area contributed by atoms with Crippen molar-refractivity contribution in [3.63, 3.8) is 0 Å². The lowest BCUT2D eigenvalue weighted by Crippen LogP contribution is -2.52. The molecule has 0 bridgehead atoms. The van der Waals surface area contributed by atoms with Crippen molar-refractivity contribution in [2.75, 3.05) is 26.2 Å². The molecule has 1 fully saturated rings. The van der Waals surface area contributed by atoms with Crippen LogP contribution in [0.1, 0.15) is 42.5 Å². The molecular weight excluding hydrogens is 368 g/mol. The minimum Gasteiger partial charge on any atom is -0.396 e. The van der Waals surface area contributed by atoms with Gasteiger partial charge in [0, 0.05) is 44.2 Å². The van der Waals surface area contributed by atoms with E-state index in [4.69, 9.17) is 4.98 Å². The monoisotopic (exact) mass is 395 g/mol. The fourth-order valence-electron chi connectivity index (χ4n) is 3.46. The van der Waals surface area contributed by atoms with Crippen LogP contribution in [0.15, 0.2) is 23.6 Å². The van der Waals surface area contributed by atoms with Crippen LogP contribution in [0.4, 0.5) is 8.78 Å². The summed E-state index contributed by atoms with van der Waals surface area (Å²) in [6, 6.07) is 4.25. The van der Waals surface area contributed by atoms with E-state index < -0.39 is 11.6 Å². The van der Waals surface area contributed by atoms with E-state index in [1.165, 1.54) is 12.1 Å². The molecule has 1 aliphatic heterocycles. The van der Waals surface area contributed by atoms with E-state index in [0.717, 1.165) is 42.4 Å². The number of aliphatic hydroxyl groups excluding tert-OH is 1. The summed E-state index contributed by atoms with van der Waals surface area (Å²) in [4.78, 5) is 9.33. The van der Waals surface area contributed by atoms with Gasteiger partial charge in [-0.3, -0.25) is 9.80 Å². The van der Waals surface area contributed by atoms with Gasteiger partial charge in [0.15, 0.2) is 11.6 Å². The number of piperazine rings is 1. The number of benzene rings is 1. The normalized spacial score (nSPS) is 19.1. The van der Waals surface area contributed by atoms with E-state index >= 15 is 0 Å². The highest BCUT2D eigenvalue weighted by Crippen LogP contribution is 2.22. The van der Waals surface area contributed by atoms with Crippen molar-refractivity contribution in [1.29, 1.82) is 0 Å². The number of rotatable bonds is 7. The van der Waals surface area contributed by atoms with Crippen LogP contribution < -0.4 is 0 Å². The summed E-state index contributed by atoms with van der Waals surface area (Å²) in [6.45, 7) is 8.33. The standard InChI is InChI=1S/C20H27F2N3OS/c1-14(2)19-13-27-20(23-19)12-24-6-7-25(16(11-24)5-8-26)10-15-3-4-17(21)18(22)9-15/h3-4,9,13-14,16,26H,5-8,10-12H2,1-2H3/t16-/m0/s1. The Balaban J connectivity index is 1.62. The van der Waals surface area contributed by atoms with Gasteiger partial charge in [0.25, 0.3) is 0 Å². The van der Waals surface area contributed by atoms with Crippen molar-refractivity contribution in [1.82, 2.24) is 14.8 Å². The first-order valence-corrected chi connectivity index (χ1v) is 10.3. The predicted octanol–water partition coefficient (Wildman–Crippen LogP) is 3.61. The number of nitrogens with zero attached hydrogens (tertiary/aromatic N) is 3. The molecule has 0 spiro atoms. The molecule has 1 atom stereocenters. The summed E-state index contributed by atoms with van der Waals surface area (Å²) >= 11 is 1.70. The number of hydrogen-bond donors (Lipinski definition) is 1. The molecular formula is C20H27F2N3OS. The van der Waals surface area contributed by atoms with Gasteiger partial charge in [-0.15, -0.1) is 11.3 Å². The number of halogens is 2. The van der Waals surface area contributed by atoms with Gasteiger partial charge in [0.2, 0.25) is 0 Å². The topological polar surface area (TPSA) is 39.6 Å². The second-order valence-electron chi connectivity index (χ2n) is 7.44. The van der Waals surface area contributed by atoms with Gasteiger partial charge >= 0.3 is 0 Å².